The van der Waals surface area contributed by atoms with Crippen LogP contribution < -0.4 is 4.72 Å². The summed E-state index contributed by atoms with van der Waals surface area (Å²) in [5, 5.41) is 1.07. The van der Waals surface area contributed by atoms with E-state index in [4.69, 9.17) is 0 Å². The number of carbonyl (C=O) groups excluding carboxylic acids is 1. The van der Waals surface area contributed by atoms with E-state index in [1.165, 1.54) is 17.7 Å². The Kier molecular flexibility index (Phi) is 5.11. The summed E-state index contributed by atoms with van der Waals surface area (Å²) in [6.07, 6.45) is 8.66. The van der Waals surface area contributed by atoms with Gasteiger partial charge in [0.15, 0.2) is 0 Å². The van der Waals surface area contributed by atoms with E-state index in [-0.39, 0.29) is 10.8 Å². The maximum absolute atomic E-state index is 13.0. The number of aromatic amines is 1. The molecule has 0 atom stereocenters. The first-order valence-electron chi connectivity index (χ1n) is 10.5. The molecule has 1 aliphatic carbocycles. The molecule has 2 N–H and O–H groups in total. The molecule has 1 fully saturated rings. The highest BCUT2D eigenvalue weighted by Gasteiger charge is 2.25. The number of nitrogens with zero attached hydrogens (tertiary/aromatic N) is 2. The van der Waals surface area contributed by atoms with Crippen molar-refractivity contribution in [2.75, 3.05) is 19.6 Å². The summed E-state index contributed by atoms with van der Waals surface area (Å²) in [5.41, 5.74) is 3.54. The molecular weight excluding hydrogens is 412 g/mol. The zero-order valence-corrected chi connectivity index (χ0v) is 17.9. The molecule has 8 heteroatoms. The second-order valence-corrected chi connectivity index (χ2v) is 9.92. The fraction of sp³-hybridized carbons (Fsp3) is 0.304. The number of aromatic nitrogens is 2. The van der Waals surface area contributed by atoms with Crippen molar-refractivity contribution in [3.8, 4) is 0 Å². The molecule has 31 heavy (non-hydrogen) atoms. The molecule has 160 valence electrons. The summed E-state index contributed by atoms with van der Waals surface area (Å²) < 4.78 is 27.7. The Morgan fingerprint density at radius 2 is 2.10 bits per heavy atom. The van der Waals surface area contributed by atoms with Gasteiger partial charge in [-0.25, -0.2) is 18.1 Å². The van der Waals surface area contributed by atoms with Crippen molar-refractivity contribution < 1.29 is 13.2 Å². The Morgan fingerprint density at radius 1 is 1.23 bits per heavy atom. The molecule has 2 aliphatic rings. The van der Waals surface area contributed by atoms with Gasteiger partial charge in [-0.3, -0.25) is 4.79 Å². The highest BCUT2D eigenvalue weighted by Crippen LogP contribution is 2.29. The lowest BCUT2D eigenvalue weighted by molar-refractivity contribution is 0.0772. The smallest absolute Gasteiger partial charge is 0.254 e. The Labute approximate surface area is 181 Å². The van der Waals surface area contributed by atoms with Crippen molar-refractivity contribution in [3.05, 3.63) is 66.0 Å². The van der Waals surface area contributed by atoms with Crippen LogP contribution in [0.25, 0.3) is 16.6 Å². The van der Waals surface area contributed by atoms with Gasteiger partial charge in [0.2, 0.25) is 10.0 Å². The van der Waals surface area contributed by atoms with Gasteiger partial charge in [-0.15, -0.1) is 0 Å². The number of rotatable bonds is 6. The van der Waals surface area contributed by atoms with Gasteiger partial charge in [0.05, 0.1) is 4.90 Å². The maximum atomic E-state index is 13.0. The molecule has 0 saturated heterocycles. The summed E-state index contributed by atoms with van der Waals surface area (Å²) >= 11 is 0. The molecule has 3 heterocycles. The molecule has 3 aromatic rings. The predicted octanol–water partition coefficient (Wildman–Crippen LogP) is 3.18. The zero-order valence-electron chi connectivity index (χ0n) is 17.0. The van der Waals surface area contributed by atoms with Crippen molar-refractivity contribution in [3.63, 3.8) is 0 Å². The van der Waals surface area contributed by atoms with Gasteiger partial charge < -0.3 is 9.88 Å². The highest BCUT2D eigenvalue weighted by atomic mass is 32.2. The van der Waals surface area contributed by atoms with E-state index < -0.39 is 10.0 Å². The summed E-state index contributed by atoms with van der Waals surface area (Å²) in [4.78, 5) is 22.4. The second kappa shape index (κ2) is 7.94. The first-order chi connectivity index (χ1) is 15.0. The first-order valence-corrected chi connectivity index (χ1v) is 12.0. The maximum Gasteiger partial charge on any atom is 0.254 e. The van der Waals surface area contributed by atoms with Crippen molar-refractivity contribution >= 4 is 32.5 Å². The van der Waals surface area contributed by atoms with Crippen LogP contribution in [0, 0.1) is 5.92 Å². The van der Waals surface area contributed by atoms with Crippen molar-refractivity contribution in [2.24, 2.45) is 5.92 Å². The average Bonchev–Trinajstić information content (AvgIpc) is 3.54. The lowest BCUT2D eigenvalue weighted by atomic mass is 9.99. The van der Waals surface area contributed by atoms with E-state index in [9.17, 15) is 13.2 Å². The molecule has 0 unspecified atom stereocenters. The molecule has 1 aliphatic heterocycles. The van der Waals surface area contributed by atoms with E-state index in [1.807, 2.05) is 18.3 Å². The standard InChI is InChI=1S/C23H24N4O3S/c28-23(18-3-1-4-19(13-18)31(29,30)26-14-16-6-7-16)27-11-8-17(9-12-27)21-15-25-22-20(21)5-2-10-24-22/h1-5,8,10,13,15-16,26H,6-7,9,11-12,14H2,(H,24,25). The quantitative estimate of drug-likeness (QED) is 0.620. The molecule has 0 radical (unpaired) electrons. The van der Waals surface area contributed by atoms with Crippen molar-refractivity contribution in [1.29, 1.82) is 0 Å². The topological polar surface area (TPSA) is 95.2 Å². The van der Waals surface area contributed by atoms with Crippen LogP contribution in [0.5, 0.6) is 0 Å². The number of carbonyl (C=O) groups is 1. The van der Waals surface area contributed by atoms with Crippen LogP contribution in [0.3, 0.4) is 0 Å². The Morgan fingerprint density at radius 3 is 2.87 bits per heavy atom. The van der Waals surface area contributed by atoms with E-state index >= 15 is 0 Å². The van der Waals surface area contributed by atoms with Crippen LogP contribution in [-0.4, -0.2) is 48.8 Å². The van der Waals surface area contributed by atoms with Crippen LogP contribution >= 0.6 is 0 Å². The summed E-state index contributed by atoms with van der Waals surface area (Å²) in [7, 11) is -3.60. The lowest BCUT2D eigenvalue weighted by Crippen LogP contribution is -2.35. The third kappa shape index (κ3) is 4.13. The van der Waals surface area contributed by atoms with E-state index in [1.54, 1.807) is 23.2 Å². The molecule has 5 rings (SSSR count). The number of H-pyrrole nitrogens is 1. The third-order valence-corrected chi connectivity index (χ3v) is 7.36. The second-order valence-electron chi connectivity index (χ2n) is 8.16. The van der Waals surface area contributed by atoms with Gasteiger partial charge >= 0.3 is 0 Å². The van der Waals surface area contributed by atoms with Gasteiger partial charge in [0.1, 0.15) is 5.65 Å². The van der Waals surface area contributed by atoms with Crippen LogP contribution in [0.4, 0.5) is 0 Å². The molecule has 1 amide bonds. The molecular formula is C23H24N4O3S. The number of benzene rings is 1. The molecule has 0 bridgehead atoms. The third-order valence-electron chi connectivity index (χ3n) is 5.94. The molecule has 1 aromatic carbocycles. The number of hydrogen-bond donors (Lipinski definition) is 2. The van der Waals surface area contributed by atoms with Crippen LogP contribution in [0.15, 0.2) is 59.8 Å². The summed E-state index contributed by atoms with van der Waals surface area (Å²) in [6, 6.07) is 10.3. The Hall–Kier alpha value is -2.97. The van der Waals surface area contributed by atoms with E-state index in [2.05, 4.69) is 20.8 Å². The zero-order chi connectivity index (χ0) is 21.4. The molecule has 7 nitrogen and oxygen atoms in total. The van der Waals surface area contributed by atoms with Crippen molar-refractivity contribution in [2.45, 2.75) is 24.2 Å². The van der Waals surface area contributed by atoms with Crippen molar-refractivity contribution in [1.82, 2.24) is 19.6 Å². The van der Waals surface area contributed by atoms with Crippen LogP contribution in [0.2, 0.25) is 0 Å². The lowest BCUT2D eigenvalue weighted by Gasteiger charge is -2.26. The highest BCUT2D eigenvalue weighted by molar-refractivity contribution is 7.89. The monoisotopic (exact) mass is 436 g/mol. The summed E-state index contributed by atoms with van der Waals surface area (Å²) in [6.45, 7) is 1.52. The van der Waals surface area contributed by atoms with Gasteiger partial charge in [0, 0.05) is 48.5 Å². The SMILES string of the molecule is O=C(c1cccc(S(=O)(=O)NCC2CC2)c1)N1CC=C(c2c[nH]c3ncccc23)CC1. The van der Waals surface area contributed by atoms with Gasteiger partial charge in [0.25, 0.3) is 5.91 Å². The normalized spacial score (nSPS) is 17.0. The number of pyridine rings is 1. The van der Waals surface area contributed by atoms with Gasteiger partial charge in [-0.05, 0) is 61.1 Å². The number of hydrogen-bond acceptors (Lipinski definition) is 4. The Balaban J connectivity index is 1.31. The largest absolute Gasteiger partial charge is 0.346 e. The van der Waals surface area contributed by atoms with Gasteiger partial charge in [-0.1, -0.05) is 12.1 Å². The summed E-state index contributed by atoms with van der Waals surface area (Å²) in [5.74, 6) is 0.289. The minimum atomic E-state index is -3.60. The number of amides is 1. The molecule has 0 spiro atoms. The average molecular weight is 437 g/mol. The van der Waals surface area contributed by atoms with E-state index in [0.29, 0.717) is 31.1 Å². The number of nitrogens with one attached hydrogen (secondary N) is 2. The molecule has 2 aromatic heterocycles. The number of fused-ring (bicyclic) bond motifs is 1. The number of sulfonamides is 1. The minimum Gasteiger partial charge on any atom is -0.346 e. The first kappa shape index (κ1) is 20.0. The predicted molar refractivity (Wildman–Crippen MR) is 119 cm³/mol. The van der Waals surface area contributed by atoms with Gasteiger partial charge in [-0.2, -0.15) is 0 Å². The fourth-order valence-electron chi connectivity index (χ4n) is 3.93. The molecule has 1 saturated carbocycles. The van der Waals surface area contributed by atoms with Crippen LogP contribution in [-0.2, 0) is 10.0 Å². The van der Waals surface area contributed by atoms with E-state index in [0.717, 1.165) is 35.9 Å². The van der Waals surface area contributed by atoms with Crippen LogP contribution in [0.1, 0.15) is 35.2 Å². The Bertz CT molecular complexity index is 1270. The minimum absolute atomic E-state index is 0.138. The fourth-order valence-corrected chi connectivity index (χ4v) is 5.09.